The first-order valence-electron chi connectivity index (χ1n) is 5.93. The van der Waals surface area contributed by atoms with Crippen molar-refractivity contribution < 1.29 is 9.47 Å². The van der Waals surface area contributed by atoms with Gasteiger partial charge in [-0.2, -0.15) is 0 Å². The molecule has 0 unspecified atom stereocenters. The molecule has 2 aromatic carbocycles. The summed E-state index contributed by atoms with van der Waals surface area (Å²) in [5.74, 6) is 1.68. The van der Waals surface area contributed by atoms with Crippen LogP contribution in [0.3, 0.4) is 0 Å². The van der Waals surface area contributed by atoms with E-state index in [2.05, 4.69) is 21.2 Å². The van der Waals surface area contributed by atoms with Gasteiger partial charge in [0.2, 0.25) is 0 Å². The lowest BCUT2D eigenvalue weighted by Crippen LogP contribution is -2.02. The zero-order chi connectivity index (χ0) is 13.7. The topological polar surface area (TPSA) is 30.5 Å². The van der Waals surface area contributed by atoms with Crippen LogP contribution in [0.4, 0.5) is 5.69 Å². The lowest BCUT2D eigenvalue weighted by atomic mass is 10.2. The zero-order valence-electron chi connectivity index (χ0n) is 10.9. The molecule has 0 amide bonds. The Labute approximate surface area is 121 Å². The number of nitrogens with one attached hydrogen (secondary N) is 1. The third-order valence-corrected chi connectivity index (χ3v) is 3.29. The maximum atomic E-state index is 5.35. The molecule has 0 aliphatic carbocycles. The second kappa shape index (κ2) is 6.48. The summed E-state index contributed by atoms with van der Waals surface area (Å²) in [6, 6.07) is 13.8. The average molecular weight is 322 g/mol. The summed E-state index contributed by atoms with van der Waals surface area (Å²) in [5, 5.41) is 3.36. The number of benzene rings is 2. The number of methoxy groups -OCH3 is 2. The fourth-order valence-electron chi connectivity index (χ4n) is 1.82. The minimum absolute atomic E-state index is 0.677. The molecule has 3 nitrogen and oxygen atoms in total. The Hall–Kier alpha value is -1.68. The van der Waals surface area contributed by atoms with E-state index in [0.29, 0.717) is 6.54 Å². The van der Waals surface area contributed by atoms with E-state index in [-0.39, 0.29) is 0 Å². The van der Waals surface area contributed by atoms with E-state index in [9.17, 15) is 0 Å². The van der Waals surface area contributed by atoms with Gasteiger partial charge in [-0.05, 0) is 36.4 Å². The molecule has 19 heavy (non-hydrogen) atoms. The SMILES string of the molecule is COc1ccc(OC)c(CNc2cccc(Br)c2)c1. The molecule has 0 aliphatic rings. The molecular weight excluding hydrogens is 306 g/mol. The number of halogens is 1. The van der Waals surface area contributed by atoms with E-state index in [4.69, 9.17) is 9.47 Å². The Bertz CT molecular complexity index is 558. The number of ether oxygens (including phenoxy) is 2. The molecule has 0 atom stereocenters. The van der Waals surface area contributed by atoms with Crippen molar-refractivity contribution in [1.82, 2.24) is 0 Å². The van der Waals surface area contributed by atoms with Crippen LogP contribution < -0.4 is 14.8 Å². The lowest BCUT2D eigenvalue weighted by molar-refractivity contribution is 0.399. The summed E-state index contributed by atoms with van der Waals surface area (Å²) in [7, 11) is 3.33. The highest BCUT2D eigenvalue weighted by Gasteiger charge is 2.05. The highest BCUT2D eigenvalue weighted by Crippen LogP contribution is 2.25. The van der Waals surface area contributed by atoms with Crippen LogP contribution in [0.2, 0.25) is 0 Å². The molecule has 100 valence electrons. The van der Waals surface area contributed by atoms with Crippen LogP contribution in [0.25, 0.3) is 0 Å². The van der Waals surface area contributed by atoms with Gasteiger partial charge in [-0.3, -0.25) is 0 Å². The van der Waals surface area contributed by atoms with Crippen molar-refractivity contribution in [3.05, 3.63) is 52.5 Å². The summed E-state index contributed by atoms with van der Waals surface area (Å²) in [5.41, 5.74) is 2.11. The third kappa shape index (κ3) is 3.64. The fraction of sp³-hybridized carbons (Fsp3) is 0.200. The Kier molecular flexibility index (Phi) is 4.68. The van der Waals surface area contributed by atoms with Crippen molar-refractivity contribution in [2.45, 2.75) is 6.54 Å². The van der Waals surface area contributed by atoms with Crippen molar-refractivity contribution in [2.24, 2.45) is 0 Å². The Morgan fingerprint density at radius 3 is 2.58 bits per heavy atom. The Morgan fingerprint density at radius 2 is 1.89 bits per heavy atom. The first kappa shape index (κ1) is 13.7. The first-order chi connectivity index (χ1) is 9.22. The molecule has 0 radical (unpaired) electrons. The van der Waals surface area contributed by atoms with Crippen molar-refractivity contribution in [1.29, 1.82) is 0 Å². The van der Waals surface area contributed by atoms with Gasteiger partial charge in [-0.15, -0.1) is 0 Å². The van der Waals surface area contributed by atoms with Gasteiger partial charge < -0.3 is 14.8 Å². The second-order valence-electron chi connectivity index (χ2n) is 4.04. The highest BCUT2D eigenvalue weighted by atomic mass is 79.9. The molecule has 0 heterocycles. The normalized spacial score (nSPS) is 10.1. The van der Waals surface area contributed by atoms with Gasteiger partial charge in [0.15, 0.2) is 0 Å². The van der Waals surface area contributed by atoms with Gasteiger partial charge in [0.25, 0.3) is 0 Å². The van der Waals surface area contributed by atoms with Crippen LogP contribution >= 0.6 is 15.9 Å². The Morgan fingerprint density at radius 1 is 1.05 bits per heavy atom. The van der Waals surface area contributed by atoms with Crippen LogP contribution in [0.1, 0.15) is 5.56 Å². The maximum Gasteiger partial charge on any atom is 0.124 e. The summed E-state index contributed by atoms with van der Waals surface area (Å²) in [6.45, 7) is 0.677. The fourth-order valence-corrected chi connectivity index (χ4v) is 2.22. The van der Waals surface area contributed by atoms with Crippen molar-refractivity contribution in [3.63, 3.8) is 0 Å². The molecule has 0 aliphatic heterocycles. The van der Waals surface area contributed by atoms with Gasteiger partial charge in [0.1, 0.15) is 11.5 Å². The summed E-state index contributed by atoms with van der Waals surface area (Å²) < 4.78 is 11.6. The number of hydrogen-bond acceptors (Lipinski definition) is 3. The second-order valence-corrected chi connectivity index (χ2v) is 4.96. The van der Waals surface area contributed by atoms with Crippen LogP contribution in [0.5, 0.6) is 11.5 Å². The molecule has 0 aromatic heterocycles. The van der Waals surface area contributed by atoms with Crippen LogP contribution in [-0.2, 0) is 6.54 Å². The predicted octanol–water partition coefficient (Wildman–Crippen LogP) is 4.08. The molecule has 2 aromatic rings. The summed E-state index contributed by atoms with van der Waals surface area (Å²) in [6.07, 6.45) is 0. The minimum Gasteiger partial charge on any atom is -0.497 e. The van der Waals surface area contributed by atoms with Gasteiger partial charge >= 0.3 is 0 Å². The summed E-state index contributed by atoms with van der Waals surface area (Å²) in [4.78, 5) is 0. The largest absolute Gasteiger partial charge is 0.497 e. The van der Waals surface area contributed by atoms with E-state index in [1.165, 1.54) is 0 Å². The van der Waals surface area contributed by atoms with E-state index in [1.807, 2.05) is 42.5 Å². The van der Waals surface area contributed by atoms with E-state index in [0.717, 1.165) is 27.2 Å². The molecule has 4 heteroatoms. The first-order valence-corrected chi connectivity index (χ1v) is 6.72. The molecule has 0 saturated carbocycles. The van der Waals surface area contributed by atoms with E-state index < -0.39 is 0 Å². The molecule has 0 spiro atoms. The number of hydrogen-bond donors (Lipinski definition) is 1. The van der Waals surface area contributed by atoms with Crippen molar-refractivity contribution in [3.8, 4) is 11.5 Å². The molecule has 0 fully saturated rings. The molecule has 0 saturated heterocycles. The van der Waals surface area contributed by atoms with Gasteiger partial charge in [-0.1, -0.05) is 22.0 Å². The van der Waals surface area contributed by atoms with E-state index >= 15 is 0 Å². The van der Waals surface area contributed by atoms with Gasteiger partial charge in [0, 0.05) is 22.3 Å². The quantitative estimate of drug-likeness (QED) is 0.900. The zero-order valence-corrected chi connectivity index (χ0v) is 12.5. The average Bonchev–Trinajstić information content (AvgIpc) is 2.45. The molecule has 0 bridgehead atoms. The summed E-state index contributed by atoms with van der Waals surface area (Å²) >= 11 is 3.45. The highest BCUT2D eigenvalue weighted by molar-refractivity contribution is 9.10. The van der Waals surface area contributed by atoms with Gasteiger partial charge in [-0.25, -0.2) is 0 Å². The van der Waals surface area contributed by atoms with Gasteiger partial charge in [0.05, 0.1) is 14.2 Å². The van der Waals surface area contributed by atoms with Crippen molar-refractivity contribution in [2.75, 3.05) is 19.5 Å². The smallest absolute Gasteiger partial charge is 0.124 e. The van der Waals surface area contributed by atoms with E-state index in [1.54, 1.807) is 14.2 Å². The monoisotopic (exact) mass is 321 g/mol. The molecule has 2 rings (SSSR count). The standard InChI is InChI=1S/C15H16BrNO2/c1-18-14-6-7-15(19-2)11(8-14)10-17-13-5-3-4-12(16)9-13/h3-9,17H,10H2,1-2H3. The maximum absolute atomic E-state index is 5.35. The van der Waals surface area contributed by atoms with Crippen molar-refractivity contribution >= 4 is 21.6 Å². The van der Waals surface area contributed by atoms with Crippen LogP contribution in [0, 0.1) is 0 Å². The Balaban J connectivity index is 2.14. The molecular formula is C15H16BrNO2. The predicted molar refractivity (Wildman–Crippen MR) is 81.0 cm³/mol. The van der Waals surface area contributed by atoms with Crippen LogP contribution in [-0.4, -0.2) is 14.2 Å². The number of rotatable bonds is 5. The van der Waals surface area contributed by atoms with Crippen LogP contribution in [0.15, 0.2) is 46.9 Å². The number of anilines is 1. The lowest BCUT2D eigenvalue weighted by Gasteiger charge is -2.12. The minimum atomic E-state index is 0.677. The third-order valence-electron chi connectivity index (χ3n) is 2.80. The molecule has 1 N–H and O–H groups in total.